The van der Waals surface area contributed by atoms with E-state index >= 15 is 0 Å². The highest BCUT2D eigenvalue weighted by Gasteiger charge is 2.33. The van der Waals surface area contributed by atoms with Crippen LogP contribution in [0.4, 0.5) is 11.4 Å². The van der Waals surface area contributed by atoms with Crippen molar-refractivity contribution < 1.29 is 22.9 Å². The van der Waals surface area contributed by atoms with Gasteiger partial charge in [-0.25, -0.2) is 8.42 Å². The molecule has 0 bridgehead atoms. The molecule has 2 aromatic rings. The number of nitrogens with one attached hydrogen (secondary N) is 1. The highest BCUT2D eigenvalue weighted by Crippen LogP contribution is 2.28. The van der Waals surface area contributed by atoms with Crippen molar-refractivity contribution in [3.63, 3.8) is 0 Å². The number of anilines is 1. The van der Waals surface area contributed by atoms with Crippen molar-refractivity contribution in [3.05, 3.63) is 69.8 Å². The Labute approximate surface area is 218 Å². The van der Waals surface area contributed by atoms with E-state index in [2.05, 4.69) is 5.32 Å². The van der Waals surface area contributed by atoms with Crippen molar-refractivity contribution >= 4 is 33.2 Å². The van der Waals surface area contributed by atoms with Crippen molar-refractivity contribution in [1.82, 2.24) is 10.2 Å². The fourth-order valence-corrected chi connectivity index (χ4v) is 4.82. The van der Waals surface area contributed by atoms with Gasteiger partial charge in [0.05, 0.1) is 16.9 Å². The molecule has 1 N–H and O–H groups in total. The van der Waals surface area contributed by atoms with Crippen LogP contribution < -0.4 is 9.62 Å². The van der Waals surface area contributed by atoms with Crippen LogP contribution in [-0.2, 0) is 26.0 Å². The summed E-state index contributed by atoms with van der Waals surface area (Å²) in [7, 11) is -4.00. The van der Waals surface area contributed by atoms with Gasteiger partial charge in [-0.05, 0) is 51.7 Å². The quantitative estimate of drug-likeness (QED) is 0.349. The molecule has 1 unspecified atom stereocenters. The first-order chi connectivity index (χ1) is 17.1. The molecule has 0 saturated carbocycles. The van der Waals surface area contributed by atoms with Crippen LogP contribution in [0, 0.1) is 17.0 Å². The van der Waals surface area contributed by atoms with E-state index in [-0.39, 0.29) is 23.8 Å². The van der Waals surface area contributed by atoms with E-state index in [0.717, 1.165) is 22.2 Å². The van der Waals surface area contributed by atoms with Gasteiger partial charge in [0, 0.05) is 24.2 Å². The van der Waals surface area contributed by atoms with Crippen molar-refractivity contribution in [2.75, 3.05) is 23.7 Å². The van der Waals surface area contributed by atoms with Crippen LogP contribution in [0.15, 0.2) is 48.5 Å². The summed E-state index contributed by atoms with van der Waals surface area (Å²) in [5.74, 6) is -0.919. The topological polar surface area (TPSA) is 130 Å². The molecule has 10 nitrogen and oxygen atoms in total. The summed E-state index contributed by atoms with van der Waals surface area (Å²) in [6.45, 7) is 8.49. The molecule has 0 aliphatic rings. The Morgan fingerprint density at radius 2 is 1.73 bits per heavy atom. The molecule has 0 spiro atoms. The molecule has 0 heterocycles. The van der Waals surface area contributed by atoms with E-state index in [1.165, 1.54) is 17.0 Å². The Balaban J connectivity index is 2.47. The number of hydrogen-bond acceptors (Lipinski definition) is 6. The molecule has 2 amide bonds. The lowest BCUT2D eigenvalue weighted by Gasteiger charge is -2.34. The summed E-state index contributed by atoms with van der Waals surface area (Å²) in [6, 6.07) is 12.5. The van der Waals surface area contributed by atoms with Crippen LogP contribution in [0.3, 0.4) is 0 Å². The second-order valence-electron chi connectivity index (χ2n) is 9.98. The molecule has 0 aliphatic carbocycles. The molecule has 2 aromatic carbocycles. The van der Waals surface area contributed by atoms with Gasteiger partial charge in [-0.1, -0.05) is 43.3 Å². The lowest BCUT2D eigenvalue weighted by molar-refractivity contribution is -0.384. The molecule has 2 rings (SSSR count). The van der Waals surface area contributed by atoms with Crippen LogP contribution in [-0.4, -0.2) is 61.0 Å². The summed E-state index contributed by atoms with van der Waals surface area (Å²) >= 11 is 0. The van der Waals surface area contributed by atoms with Crippen LogP contribution >= 0.6 is 0 Å². The highest BCUT2D eigenvalue weighted by atomic mass is 32.2. The molecular weight excluding hydrogens is 496 g/mol. The van der Waals surface area contributed by atoms with E-state index in [1.807, 2.05) is 51.1 Å². The molecule has 1 atom stereocenters. The minimum absolute atomic E-state index is 0.0419. The smallest absolute Gasteiger partial charge is 0.271 e. The molecule has 202 valence electrons. The van der Waals surface area contributed by atoms with Crippen molar-refractivity contribution in [1.29, 1.82) is 0 Å². The van der Waals surface area contributed by atoms with Gasteiger partial charge in [0.1, 0.15) is 12.6 Å². The monoisotopic (exact) mass is 532 g/mol. The lowest BCUT2D eigenvalue weighted by atomic mass is 10.1. The van der Waals surface area contributed by atoms with E-state index in [0.29, 0.717) is 18.4 Å². The maximum absolute atomic E-state index is 13.7. The minimum Gasteiger partial charge on any atom is -0.350 e. The zero-order chi connectivity index (χ0) is 28.0. The Bertz CT molecular complexity index is 1230. The molecular formula is C26H36N4O6S. The fraction of sp³-hybridized carbons (Fsp3) is 0.462. The third kappa shape index (κ3) is 8.56. The largest absolute Gasteiger partial charge is 0.350 e. The molecule has 0 saturated heterocycles. The average Bonchev–Trinajstić information content (AvgIpc) is 2.79. The lowest BCUT2D eigenvalue weighted by Crippen LogP contribution is -2.56. The van der Waals surface area contributed by atoms with E-state index < -0.39 is 39.0 Å². The van der Waals surface area contributed by atoms with Crippen molar-refractivity contribution in [3.8, 4) is 0 Å². The number of benzene rings is 2. The summed E-state index contributed by atoms with van der Waals surface area (Å²) in [4.78, 5) is 39.0. The van der Waals surface area contributed by atoms with Crippen molar-refractivity contribution in [2.24, 2.45) is 0 Å². The second-order valence-corrected chi connectivity index (χ2v) is 11.9. The Morgan fingerprint density at radius 3 is 2.24 bits per heavy atom. The van der Waals surface area contributed by atoms with Gasteiger partial charge in [0.15, 0.2) is 0 Å². The zero-order valence-electron chi connectivity index (χ0n) is 22.2. The first kappa shape index (κ1) is 29.8. The van der Waals surface area contributed by atoms with E-state index in [1.54, 1.807) is 13.8 Å². The SMILES string of the molecule is CCC(C(=O)NC(C)(C)C)N(CCc1ccccc1)C(=O)CN(c1cc([N+](=O)[O-])ccc1C)S(C)(=O)=O. The Morgan fingerprint density at radius 1 is 1.11 bits per heavy atom. The number of hydrogen-bond donors (Lipinski definition) is 1. The van der Waals surface area contributed by atoms with Gasteiger partial charge in [-0.3, -0.25) is 24.0 Å². The van der Waals surface area contributed by atoms with Crippen LogP contribution in [0.1, 0.15) is 45.2 Å². The number of aryl methyl sites for hydroxylation is 1. The molecule has 37 heavy (non-hydrogen) atoms. The molecule has 0 aromatic heterocycles. The van der Waals surface area contributed by atoms with Gasteiger partial charge < -0.3 is 10.2 Å². The number of amides is 2. The summed E-state index contributed by atoms with van der Waals surface area (Å²) in [6.07, 6.45) is 1.72. The maximum atomic E-state index is 13.7. The predicted molar refractivity (Wildman–Crippen MR) is 144 cm³/mol. The van der Waals surface area contributed by atoms with Crippen LogP contribution in [0.5, 0.6) is 0 Å². The summed E-state index contributed by atoms with van der Waals surface area (Å²) in [5.41, 5.74) is 0.634. The van der Waals surface area contributed by atoms with E-state index in [9.17, 15) is 28.1 Å². The molecule has 0 aliphatic heterocycles. The van der Waals surface area contributed by atoms with Gasteiger partial charge >= 0.3 is 0 Å². The Hall–Kier alpha value is -3.47. The van der Waals surface area contributed by atoms with Crippen molar-refractivity contribution in [2.45, 2.75) is 59.0 Å². The third-order valence-corrected chi connectivity index (χ3v) is 6.85. The maximum Gasteiger partial charge on any atom is 0.271 e. The number of rotatable bonds is 11. The standard InChI is InChI=1S/C26H36N4O6S/c1-7-22(25(32)27-26(3,4)5)28(16-15-20-11-9-8-10-12-20)24(31)18-29(37(6,35)36)23-17-21(30(33)34)14-13-19(23)2/h8-14,17,22H,7,15-16,18H2,1-6H3,(H,27,32). The van der Waals surface area contributed by atoms with Crippen LogP contribution in [0.2, 0.25) is 0 Å². The number of nitro benzene ring substituents is 1. The van der Waals surface area contributed by atoms with Gasteiger partial charge in [0.25, 0.3) is 5.69 Å². The number of carbonyl (C=O) groups excluding carboxylic acids is 2. The van der Waals surface area contributed by atoms with Crippen LogP contribution in [0.25, 0.3) is 0 Å². The van der Waals surface area contributed by atoms with Gasteiger partial charge in [-0.15, -0.1) is 0 Å². The third-order valence-electron chi connectivity index (χ3n) is 5.72. The predicted octanol–water partition coefficient (Wildman–Crippen LogP) is 3.43. The fourth-order valence-electron chi connectivity index (χ4n) is 3.92. The molecule has 11 heteroatoms. The molecule has 0 fully saturated rings. The molecule has 0 radical (unpaired) electrons. The summed E-state index contributed by atoms with van der Waals surface area (Å²) < 4.78 is 26.4. The zero-order valence-corrected chi connectivity index (χ0v) is 23.0. The second kappa shape index (κ2) is 12.2. The normalized spacial score (nSPS) is 12.5. The van der Waals surface area contributed by atoms with Gasteiger partial charge in [0.2, 0.25) is 21.8 Å². The van der Waals surface area contributed by atoms with E-state index in [4.69, 9.17) is 0 Å². The Kier molecular flexibility index (Phi) is 9.80. The highest BCUT2D eigenvalue weighted by molar-refractivity contribution is 7.92. The minimum atomic E-state index is -4.00. The first-order valence-electron chi connectivity index (χ1n) is 12.0. The number of sulfonamides is 1. The summed E-state index contributed by atoms with van der Waals surface area (Å²) in [5, 5.41) is 14.2. The number of nitro groups is 1. The van der Waals surface area contributed by atoms with Gasteiger partial charge in [-0.2, -0.15) is 0 Å². The number of non-ortho nitro benzene ring substituents is 1. The average molecular weight is 533 g/mol. The number of nitrogens with zero attached hydrogens (tertiary/aromatic N) is 3. The number of carbonyl (C=O) groups is 2. The first-order valence-corrected chi connectivity index (χ1v) is 13.9.